The molecule has 2 rings (SSSR count). The number of hydrogen-bond acceptors (Lipinski definition) is 3. The summed E-state index contributed by atoms with van der Waals surface area (Å²) in [5, 5.41) is 6.34. The van der Waals surface area contributed by atoms with Gasteiger partial charge in [0.15, 0.2) is 6.73 Å². The third kappa shape index (κ3) is 4.59. The summed E-state index contributed by atoms with van der Waals surface area (Å²) >= 11 is 17.6. The molecule has 2 amide bonds. The number of amides is 2. The number of urea groups is 1. The van der Waals surface area contributed by atoms with Crippen LogP contribution in [0.25, 0.3) is 0 Å². The summed E-state index contributed by atoms with van der Waals surface area (Å²) in [6, 6.07) is 9.14. The number of carbonyl (C=O) groups excluding carboxylic acids is 1. The Kier molecular flexibility index (Phi) is 5.60. The average Bonchev–Trinajstić information content (AvgIpc) is 2.45. The second kappa shape index (κ2) is 7.45. The van der Waals surface area contributed by atoms with Crippen LogP contribution in [-0.4, -0.2) is 12.8 Å². The summed E-state index contributed by atoms with van der Waals surface area (Å²) in [5.41, 5.74) is 6.54. The van der Waals surface area contributed by atoms with Crippen molar-refractivity contribution in [3.05, 3.63) is 51.5 Å². The Morgan fingerprint density at radius 1 is 1.09 bits per heavy atom. The van der Waals surface area contributed by atoms with E-state index in [-0.39, 0.29) is 6.73 Å². The molecule has 0 saturated carbocycles. The number of halogens is 3. The summed E-state index contributed by atoms with van der Waals surface area (Å²) in [4.78, 5) is 11.7. The van der Waals surface area contributed by atoms with Gasteiger partial charge in [-0.15, -0.1) is 0 Å². The van der Waals surface area contributed by atoms with Crippen molar-refractivity contribution in [3.8, 4) is 5.75 Å². The fourth-order valence-corrected chi connectivity index (χ4v) is 2.20. The summed E-state index contributed by atoms with van der Waals surface area (Å²) < 4.78 is 5.33. The quantitative estimate of drug-likeness (QED) is 0.559. The van der Waals surface area contributed by atoms with Crippen molar-refractivity contribution >= 4 is 52.2 Å². The van der Waals surface area contributed by atoms with Crippen molar-refractivity contribution < 1.29 is 9.53 Å². The number of nitrogen functional groups attached to an aromatic ring is 1. The Morgan fingerprint density at radius 2 is 1.86 bits per heavy atom. The molecule has 0 fully saturated rings. The summed E-state index contributed by atoms with van der Waals surface area (Å²) in [6.45, 7) is -0.0596. The van der Waals surface area contributed by atoms with Crippen LogP contribution in [0.15, 0.2) is 36.4 Å². The fraction of sp³-hybridized carbons (Fsp3) is 0.0714. The van der Waals surface area contributed by atoms with Gasteiger partial charge in [-0.3, -0.25) is 0 Å². The number of benzene rings is 2. The Bertz CT molecular complexity index is 695. The van der Waals surface area contributed by atoms with E-state index in [1.807, 2.05) is 0 Å². The van der Waals surface area contributed by atoms with Crippen molar-refractivity contribution in [3.63, 3.8) is 0 Å². The first-order valence-electron chi connectivity index (χ1n) is 6.13. The summed E-state index contributed by atoms with van der Waals surface area (Å²) in [7, 11) is 0. The maximum absolute atomic E-state index is 11.7. The van der Waals surface area contributed by atoms with Crippen molar-refractivity contribution in [1.82, 2.24) is 5.32 Å². The van der Waals surface area contributed by atoms with Gasteiger partial charge in [0.25, 0.3) is 0 Å². The van der Waals surface area contributed by atoms with Gasteiger partial charge < -0.3 is 21.1 Å². The molecule has 2 aromatic rings. The van der Waals surface area contributed by atoms with Crippen LogP contribution in [0.5, 0.6) is 5.75 Å². The van der Waals surface area contributed by atoms with E-state index in [9.17, 15) is 4.79 Å². The van der Waals surface area contributed by atoms with Gasteiger partial charge in [0, 0.05) is 10.7 Å². The highest BCUT2D eigenvalue weighted by Gasteiger charge is 2.05. The molecule has 0 aliphatic heterocycles. The van der Waals surface area contributed by atoms with E-state index in [0.717, 1.165) is 0 Å². The molecular formula is C14H12Cl3N3O2. The van der Waals surface area contributed by atoms with Crippen LogP contribution in [0.3, 0.4) is 0 Å². The zero-order chi connectivity index (χ0) is 16.1. The van der Waals surface area contributed by atoms with Crippen LogP contribution in [0.4, 0.5) is 16.2 Å². The van der Waals surface area contributed by atoms with E-state index in [1.165, 1.54) is 0 Å². The van der Waals surface area contributed by atoms with Gasteiger partial charge in [-0.25, -0.2) is 4.79 Å². The maximum Gasteiger partial charge on any atom is 0.321 e. The molecule has 0 aliphatic carbocycles. The van der Waals surface area contributed by atoms with Crippen LogP contribution in [0.1, 0.15) is 0 Å². The van der Waals surface area contributed by atoms with E-state index < -0.39 is 6.03 Å². The first-order chi connectivity index (χ1) is 10.5. The molecule has 2 aromatic carbocycles. The average molecular weight is 361 g/mol. The summed E-state index contributed by atoms with van der Waals surface area (Å²) in [6.07, 6.45) is 0. The highest BCUT2D eigenvalue weighted by molar-refractivity contribution is 6.35. The number of hydrogen-bond donors (Lipinski definition) is 3. The molecule has 4 N–H and O–H groups in total. The monoisotopic (exact) mass is 359 g/mol. The van der Waals surface area contributed by atoms with Gasteiger partial charge in [-0.1, -0.05) is 34.8 Å². The van der Waals surface area contributed by atoms with E-state index in [0.29, 0.717) is 32.2 Å². The van der Waals surface area contributed by atoms with Crippen molar-refractivity contribution in [1.29, 1.82) is 0 Å². The molecule has 0 spiro atoms. The molecule has 0 bridgehead atoms. The number of nitrogens with two attached hydrogens (primary N) is 1. The number of rotatable bonds is 4. The van der Waals surface area contributed by atoms with Gasteiger partial charge in [-0.2, -0.15) is 0 Å². The molecule has 0 radical (unpaired) electrons. The topological polar surface area (TPSA) is 76.4 Å². The lowest BCUT2D eigenvalue weighted by molar-refractivity contribution is 0.234. The van der Waals surface area contributed by atoms with Gasteiger partial charge in [0.1, 0.15) is 5.75 Å². The molecule has 116 valence electrons. The van der Waals surface area contributed by atoms with E-state index in [2.05, 4.69) is 10.6 Å². The zero-order valence-corrected chi connectivity index (χ0v) is 13.5. The largest absolute Gasteiger partial charge is 0.472 e. The highest BCUT2D eigenvalue weighted by atomic mass is 35.5. The van der Waals surface area contributed by atoms with E-state index in [4.69, 9.17) is 45.3 Å². The third-order valence-electron chi connectivity index (χ3n) is 2.61. The Labute approximate surface area is 142 Å². The second-order valence-electron chi connectivity index (χ2n) is 4.23. The minimum absolute atomic E-state index is 0.0596. The first-order valence-corrected chi connectivity index (χ1v) is 7.27. The predicted octanol–water partition coefficient (Wildman–Crippen LogP) is 4.39. The molecule has 0 unspecified atom stereocenters. The molecule has 22 heavy (non-hydrogen) atoms. The maximum atomic E-state index is 11.7. The smallest absolute Gasteiger partial charge is 0.321 e. The number of nitrogens with one attached hydrogen (secondary N) is 2. The van der Waals surface area contributed by atoms with Crippen molar-refractivity contribution in [2.45, 2.75) is 0 Å². The van der Waals surface area contributed by atoms with Crippen LogP contribution >= 0.6 is 34.8 Å². The van der Waals surface area contributed by atoms with Crippen LogP contribution in [0, 0.1) is 0 Å². The Morgan fingerprint density at radius 3 is 2.55 bits per heavy atom. The van der Waals surface area contributed by atoms with Crippen molar-refractivity contribution in [2.75, 3.05) is 17.8 Å². The van der Waals surface area contributed by atoms with Crippen LogP contribution in [0.2, 0.25) is 15.1 Å². The Balaban J connectivity index is 1.83. The molecular weight excluding hydrogens is 349 g/mol. The van der Waals surface area contributed by atoms with Crippen molar-refractivity contribution in [2.24, 2.45) is 0 Å². The minimum Gasteiger partial charge on any atom is -0.472 e. The molecule has 8 heteroatoms. The molecule has 0 saturated heterocycles. The fourth-order valence-electron chi connectivity index (χ4n) is 1.55. The van der Waals surface area contributed by atoms with Gasteiger partial charge >= 0.3 is 6.03 Å². The highest BCUT2D eigenvalue weighted by Crippen LogP contribution is 2.27. The Hall–Kier alpha value is -1.82. The van der Waals surface area contributed by atoms with Gasteiger partial charge in [0.2, 0.25) is 0 Å². The van der Waals surface area contributed by atoms with Gasteiger partial charge in [0.05, 0.1) is 15.7 Å². The van der Waals surface area contributed by atoms with E-state index in [1.54, 1.807) is 36.4 Å². The SMILES string of the molecule is Nc1ccc(NC(=O)NCOc2ccc(Cl)cc2Cl)cc1Cl. The molecule has 0 aromatic heterocycles. The summed E-state index contributed by atoms with van der Waals surface area (Å²) in [5.74, 6) is 0.418. The molecule has 0 atom stereocenters. The number of ether oxygens (including phenoxy) is 1. The van der Waals surface area contributed by atoms with E-state index >= 15 is 0 Å². The zero-order valence-electron chi connectivity index (χ0n) is 11.2. The number of anilines is 2. The number of carbonyl (C=O) groups is 1. The normalized spacial score (nSPS) is 10.1. The predicted molar refractivity (Wildman–Crippen MR) is 90.0 cm³/mol. The first kappa shape index (κ1) is 16.5. The lowest BCUT2D eigenvalue weighted by atomic mass is 10.3. The lowest BCUT2D eigenvalue weighted by Gasteiger charge is -2.11. The van der Waals surface area contributed by atoms with Crippen LogP contribution in [-0.2, 0) is 0 Å². The minimum atomic E-state index is -0.453. The molecule has 0 heterocycles. The standard InChI is InChI=1S/C14H12Cl3N3O2/c15-8-1-4-13(11(17)5-8)22-7-19-14(21)20-9-2-3-12(18)10(16)6-9/h1-6H,7,18H2,(H2,19,20,21). The second-order valence-corrected chi connectivity index (χ2v) is 5.48. The molecule has 0 aliphatic rings. The lowest BCUT2D eigenvalue weighted by Crippen LogP contribution is -2.32. The third-order valence-corrected chi connectivity index (χ3v) is 3.47. The molecule has 5 nitrogen and oxygen atoms in total. The van der Waals surface area contributed by atoms with Crippen LogP contribution < -0.4 is 21.1 Å². The van der Waals surface area contributed by atoms with Gasteiger partial charge in [-0.05, 0) is 36.4 Å².